The Hall–Kier alpha value is -2.06. The van der Waals surface area contributed by atoms with Gasteiger partial charge in [0.05, 0.1) is 0 Å². The highest BCUT2D eigenvalue weighted by Gasteiger charge is 2.35. The minimum atomic E-state index is -0.240. The highest BCUT2D eigenvalue weighted by Crippen LogP contribution is 2.44. The molecular formula is C24H31NO. The second-order valence-corrected chi connectivity index (χ2v) is 7.61. The lowest BCUT2D eigenvalue weighted by Gasteiger charge is -2.38. The first kappa shape index (κ1) is 18.7. The second kappa shape index (κ2) is 8.55. The predicted octanol–water partition coefficient (Wildman–Crippen LogP) is 5.44. The topological polar surface area (TPSA) is 23.5 Å². The van der Waals surface area contributed by atoms with Crippen LogP contribution in [0, 0.1) is 6.92 Å². The smallest absolute Gasteiger partial charge is 0.119 e. The molecule has 2 aromatic rings. The molecule has 0 bridgehead atoms. The van der Waals surface area contributed by atoms with E-state index in [1.54, 1.807) is 0 Å². The van der Waals surface area contributed by atoms with E-state index in [0.717, 1.165) is 24.9 Å². The number of aromatic hydroxyl groups is 1. The van der Waals surface area contributed by atoms with E-state index in [4.69, 9.17) is 0 Å². The SMILES string of the molecule is C=CCC(CCN1CCCCC1)(c1ccccc1)c1cc(C)ccc1O. The van der Waals surface area contributed by atoms with Crippen molar-refractivity contribution < 1.29 is 5.11 Å². The van der Waals surface area contributed by atoms with Gasteiger partial charge in [-0.05, 0) is 63.9 Å². The maximum atomic E-state index is 10.7. The Morgan fingerprint density at radius 3 is 2.50 bits per heavy atom. The van der Waals surface area contributed by atoms with E-state index in [1.165, 1.54) is 43.5 Å². The van der Waals surface area contributed by atoms with Crippen molar-refractivity contribution in [1.29, 1.82) is 0 Å². The molecule has 3 rings (SSSR count). The standard InChI is InChI=1S/C24H31NO/c1-3-14-24(21-10-6-4-7-11-21,15-18-25-16-8-5-9-17-25)22-19-20(2)12-13-23(22)26/h3-4,6-7,10-13,19,26H,1,5,8-9,14-18H2,2H3. The van der Waals surface area contributed by atoms with Gasteiger partial charge in [-0.2, -0.15) is 0 Å². The van der Waals surface area contributed by atoms with Crippen LogP contribution in [0.15, 0.2) is 61.2 Å². The zero-order chi connectivity index (χ0) is 18.4. The van der Waals surface area contributed by atoms with Crippen LogP contribution >= 0.6 is 0 Å². The number of likely N-dealkylation sites (tertiary alicyclic amines) is 1. The Kier molecular flexibility index (Phi) is 6.16. The number of benzene rings is 2. The van der Waals surface area contributed by atoms with Crippen LogP contribution in [0.5, 0.6) is 5.75 Å². The van der Waals surface area contributed by atoms with Gasteiger partial charge in [0.2, 0.25) is 0 Å². The number of piperidine rings is 1. The van der Waals surface area contributed by atoms with Crippen molar-refractivity contribution in [1.82, 2.24) is 4.90 Å². The van der Waals surface area contributed by atoms with E-state index in [9.17, 15) is 5.11 Å². The summed E-state index contributed by atoms with van der Waals surface area (Å²) in [6.07, 6.45) is 7.77. The van der Waals surface area contributed by atoms with Gasteiger partial charge < -0.3 is 10.0 Å². The number of rotatable bonds is 7. The minimum Gasteiger partial charge on any atom is -0.508 e. The summed E-state index contributed by atoms with van der Waals surface area (Å²) in [7, 11) is 0. The first-order chi connectivity index (χ1) is 12.7. The monoisotopic (exact) mass is 349 g/mol. The molecule has 1 heterocycles. The van der Waals surface area contributed by atoms with Crippen molar-refractivity contribution in [2.45, 2.75) is 44.4 Å². The van der Waals surface area contributed by atoms with Crippen molar-refractivity contribution in [3.05, 3.63) is 77.9 Å². The molecule has 2 heteroatoms. The van der Waals surface area contributed by atoms with E-state index in [2.05, 4.69) is 54.8 Å². The highest BCUT2D eigenvalue weighted by atomic mass is 16.3. The average molecular weight is 350 g/mol. The molecule has 1 aliphatic heterocycles. The first-order valence-electron chi connectivity index (χ1n) is 9.84. The second-order valence-electron chi connectivity index (χ2n) is 7.61. The maximum Gasteiger partial charge on any atom is 0.119 e. The summed E-state index contributed by atoms with van der Waals surface area (Å²) in [5, 5.41) is 10.7. The van der Waals surface area contributed by atoms with Crippen LogP contribution in [0.3, 0.4) is 0 Å². The van der Waals surface area contributed by atoms with E-state index in [-0.39, 0.29) is 5.41 Å². The summed E-state index contributed by atoms with van der Waals surface area (Å²) in [4.78, 5) is 2.58. The lowest BCUT2D eigenvalue weighted by Crippen LogP contribution is -2.37. The van der Waals surface area contributed by atoms with Crippen molar-refractivity contribution in [3.8, 4) is 5.75 Å². The number of allylic oxidation sites excluding steroid dienone is 1. The van der Waals surface area contributed by atoms with Crippen LogP contribution in [-0.4, -0.2) is 29.6 Å². The lowest BCUT2D eigenvalue weighted by atomic mass is 9.69. The highest BCUT2D eigenvalue weighted by molar-refractivity contribution is 5.48. The molecule has 1 saturated heterocycles. The minimum absolute atomic E-state index is 0.240. The molecule has 2 nitrogen and oxygen atoms in total. The third-order valence-electron chi connectivity index (χ3n) is 5.79. The fourth-order valence-electron chi connectivity index (χ4n) is 4.33. The molecular weight excluding hydrogens is 318 g/mol. The molecule has 2 aromatic carbocycles. The molecule has 1 unspecified atom stereocenters. The molecule has 1 N–H and O–H groups in total. The normalized spacial score (nSPS) is 17.6. The van der Waals surface area contributed by atoms with E-state index in [0.29, 0.717) is 5.75 Å². The Morgan fingerprint density at radius 2 is 1.81 bits per heavy atom. The van der Waals surface area contributed by atoms with E-state index in [1.807, 2.05) is 18.2 Å². The van der Waals surface area contributed by atoms with Crippen molar-refractivity contribution in [2.24, 2.45) is 0 Å². The number of hydrogen-bond donors (Lipinski definition) is 1. The molecule has 0 amide bonds. The quantitative estimate of drug-likeness (QED) is 0.673. The summed E-state index contributed by atoms with van der Waals surface area (Å²) in [6.45, 7) is 9.58. The van der Waals surface area contributed by atoms with Gasteiger partial charge in [0, 0.05) is 11.0 Å². The number of phenolic OH excluding ortho intramolecular Hbond substituents is 1. The summed E-state index contributed by atoms with van der Waals surface area (Å²) in [6, 6.07) is 16.6. The molecule has 1 atom stereocenters. The molecule has 0 spiro atoms. The molecule has 1 fully saturated rings. The van der Waals surface area contributed by atoms with Crippen LogP contribution in [0.1, 0.15) is 48.8 Å². The largest absolute Gasteiger partial charge is 0.508 e. The van der Waals surface area contributed by atoms with Crippen molar-refractivity contribution in [2.75, 3.05) is 19.6 Å². The zero-order valence-electron chi connectivity index (χ0n) is 16.0. The van der Waals surface area contributed by atoms with Gasteiger partial charge in [-0.1, -0.05) is 60.5 Å². The molecule has 26 heavy (non-hydrogen) atoms. The van der Waals surface area contributed by atoms with E-state index < -0.39 is 0 Å². The molecule has 0 aliphatic carbocycles. The fraction of sp³-hybridized carbons (Fsp3) is 0.417. The molecule has 0 radical (unpaired) electrons. The van der Waals surface area contributed by atoms with Crippen LogP contribution in [0.2, 0.25) is 0 Å². The number of phenols is 1. The van der Waals surface area contributed by atoms with Crippen LogP contribution in [0.25, 0.3) is 0 Å². The number of nitrogens with zero attached hydrogens (tertiary/aromatic N) is 1. The van der Waals surface area contributed by atoms with Gasteiger partial charge in [0.1, 0.15) is 5.75 Å². The Bertz CT molecular complexity index is 718. The van der Waals surface area contributed by atoms with Gasteiger partial charge in [0.15, 0.2) is 0 Å². The summed E-state index contributed by atoms with van der Waals surface area (Å²) < 4.78 is 0. The average Bonchev–Trinajstić information content (AvgIpc) is 2.69. The fourth-order valence-corrected chi connectivity index (χ4v) is 4.33. The van der Waals surface area contributed by atoms with Gasteiger partial charge in [0.25, 0.3) is 0 Å². The predicted molar refractivity (Wildman–Crippen MR) is 110 cm³/mol. The van der Waals surface area contributed by atoms with Crippen LogP contribution in [-0.2, 0) is 5.41 Å². The van der Waals surface area contributed by atoms with Crippen molar-refractivity contribution in [3.63, 3.8) is 0 Å². The Morgan fingerprint density at radius 1 is 1.08 bits per heavy atom. The Balaban J connectivity index is 2.03. The molecule has 0 saturated carbocycles. The number of aryl methyl sites for hydroxylation is 1. The maximum absolute atomic E-state index is 10.7. The molecule has 0 aromatic heterocycles. The number of hydrogen-bond acceptors (Lipinski definition) is 2. The van der Waals surface area contributed by atoms with Gasteiger partial charge in [-0.25, -0.2) is 0 Å². The van der Waals surface area contributed by atoms with Crippen molar-refractivity contribution >= 4 is 0 Å². The summed E-state index contributed by atoms with van der Waals surface area (Å²) in [5.41, 5.74) is 3.23. The zero-order valence-corrected chi connectivity index (χ0v) is 16.0. The molecule has 138 valence electrons. The van der Waals surface area contributed by atoms with E-state index >= 15 is 0 Å². The third-order valence-corrected chi connectivity index (χ3v) is 5.79. The molecule has 1 aliphatic rings. The first-order valence-corrected chi connectivity index (χ1v) is 9.84. The Labute approximate surface area is 158 Å². The van der Waals surface area contributed by atoms with Gasteiger partial charge >= 0.3 is 0 Å². The third kappa shape index (κ3) is 4.02. The summed E-state index contributed by atoms with van der Waals surface area (Å²) >= 11 is 0. The van der Waals surface area contributed by atoms with Gasteiger partial charge in [-0.3, -0.25) is 0 Å². The van der Waals surface area contributed by atoms with Crippen LogP contribution in [0.4, 0.5) is 0 Å². The lowest BCUT2D eigenvalue weighted by molar-refractivity contribution is 0.210. The summed E-state index contributed by atoms with van der Waals surface area (Å²) in [5.74, 6) is 0.389. The van der Waals surface area contributed by atoms with Crippen LogP contribution < -0.4 is 0 Å². The van der Waals surface area contributed by atoms with Gasteiger partial charge in [-0.15, -0.1) is 6.58 Å².